The lowest BCUT2D eigenvalue weighted by atomic mass is 10.1. The number of fused-ring (bicyclic) bond motifs is 1. The number of ether oxygens (including phenoxy) is 2. The lowest BCUT2D eigenvalue weighted by Gasteiger charge is -2.10. The molecular weight excluding hydrogens is 270 g/mol. The minimum absolute atomic E-state index is 0.694. The molecule has 0 N–H and O–H groups in total. The maximum atomic E-state index is 5.27. The number of benzene rings is 1. The summed E-state index contributed by atoms with van der Waals surface area (Å²) >= 11 is 3.38. The second-order valence-electron chi connectivity index (χ2n) is 3.49. The van der Waals surface area contributed by atoms with Gasteiger partial charge < -0.3 is 9.47 Å². The molecule has 0 aliphatic rings. The number of hydrogen-bond acceptors (Lipinski definition) is 3. The van der Waals surface area contributed by atoms with Crippen LogP contribution in [0.4, 0.5) is 0 Å². The van der Waals surface area contributed by atoms with Crippen LogP contribution in [0.25, 0.3) is 10.9 Å². The molecule has 1 aromatic carbocycles. The number of nitrogens with zero attached hydrogens (tertiary/aromatic N) is 1. The lowest BCUT2D eigenvalue weighted by Crippen LogP contribution is -1.93. The quantitative estimate of drug-likeness (QED) is 0.792. The van der Waals surface area contributed by atoms with E-state index in [0.29, 0.717) is 5.75 Å². The maximum absolute atomic E-state index is 5.27. The summed E-state index contributed by atoms with van der Waals surface area (Å²) in [5.41, 5.74) is 2.04. The molecule has 16 heavy (non-hydrogen) atoms. The first-order valence-corrected chi connectivity index (χ1v) is 5.64. The molecule has 0 saturated carbocycles. The highest BCUT2D eigenvalue weighted by atomic mass is 79.9. The summed E-state index contributed by atoms with van der Waals surface area (Å²) in [5, 5.41) is 1.07. The number of methoxy groups -OCH3 is 2. The number of aromatic nitrogens is 1. The van der Waals surface area contributed by atoms with Crippen molar-refractivity contribution in [2.45, 2.75) is 6.92 Å². The van der Waals surface area contributed by atoms with Gasteiger partial charge in [-0.15, -0.1) is 0 Å². The SMILES string of the molecule is COc1cc2nc(Br)cc(C)c2cc1OC. The average molecular weight is 282 g/mol. The maximum Gasteiger partial charge on any atom is 0.162 e. The second kappa shape index (κ2) is 4.29. The van der Waals surface area contributed by atoms with Crippen molar-refractivity contribution in [1.29, 1.82) is 0 Å². The standard InChI is InChI=1S/C12H12BrNO2/c1-7-4-12(13)14-9-6-11(16-3)10(15-2)5-8(7)9/h4-6H,1-3H3. The predicted molar refractivity (Wildman–Crippen MR) is 67.3 cm³/mol. The summed E-state index contributed by atoms with van der Waals surface area (Å²) < 4.78 is 11.3. The number of rotatable bonds is 2. The molecule has 0 amide bonds. The zero-order valence-electron chi connectivity index (χ0n) is 9.37. The fourth-order valence-electron chi connectivity index (χ4n) is 1.68. The summed E-state index contributed by atoms with van der Waals surface area (Å²) in [6.45, 7) is 2.04. The normalized spacial score (nSPS) is 10.5. The zero-order valence-corrected chi connectivity index (χ0v) is 11.0. The number of pyridine rings is 1. The number of aryl methyl sites for hydroxylation is 1. The minimum atomic E-state index is 0.694. The number of halogens is 1. The molecule has 84 valence electrons. The topological polar surface area (TPSA) is 31.4 Å². The van der Waals surface area contributed by atoms with E-state index in [1.165, 1.54) is 0 Å². The van der Waals surface area contributed by atoms with Crippen molar-refractivity contribution in [2.75, 3.05) is 14.2 Å². The summed E-state index contributed by atoms with van der Waals surface area (Å²) in [6.07, 6.45) is 0. The molecule has 4 heteroatoms. The fraction of sp³-hybridized carbons (Fsp3) is 0.250. The molecule has 1 heterocycles. The van der Waals surface area contributed by atoms with Gasteiger partial charge in [0.05, 0.1) is 19.7 Å². The van der Waals surface area contributed by atoms with E-state index in [1.807, 2.05) is 25.1 Å². The average Bonchev–Trinajstić information content (AvgIpc) is 2.27. The van der Waals surface area contributed by atoms with E-state index in [4.69, 9.17) is 9.47 Å². The van der Waals surface area contributed by atoms with Gasteiger partial charge in [-0.25, -0.2) is 4.98 Å². The zero-order chi connectivity index (χ0) is 11.7. The largest absolute Gasteiger partial charge is 0.493 e. The van der Waals surface area contributed by atoms with Gasteiger partial charge in [-0.2, -0.15) is 0 Å². The van der Waals surface area contributed by atoms with Crippen LogP contribution >= 0.6 is 15.9 Å². The van der Waals surface area contributed by atoms with Crippen LogP contribution in [0.2, 0.25) is 0 Å². The molecule has 1 aromatic heterocycles. The van der Waals surface area contributed by atoms with Crippen molar-refractivity contribution >= 4 is 26.8 Å². The van der Waals surface area contributed by atoms with Crippen LogP contribution in [0.1, 0.15) is 5.56 Å². The molecule has 0 fully saturated rings. The van der Waals surface area contributed by atoms with Crippen LogP contribution in [-0.4, -0.2) is 19.2 Å². The van der Waals surface area contributed by atoms with Crippen LogP contribution in [0.5, 0.6) is 11.5 Å². The molecular formula is C12H12BrNO2. The molecule has 2 aromatic rings. The van der Waals surface area contributed by atoms with E-state index < -0.39 is 0 Å². The highest BCUT2D eigenvalue weighted by Gasteiger charge is 2.09. The monoisotopic (exact) mass is 281 g/mol. The first-order chi connectivity index (χ1) is 7.65. The van der Waals surface area contributed by atoms with Crippen LogP contribution in [-0.2, 0) is 0 Å². The van der Waals surface area contributed by atoms with Crippen molar-refractivity contribution in [2.24, 2.45) is 0 Å². The summed E-state index contributed by atoms with van der Waals surface area (Å²) in [7, 11) is 3.25. The van der Waals surface area contributed by atoms with E-state index in [2.05, 4.69) is 20.9 Å². The Hall–Kier alpha value is -1.29. The van der Waals surface area contributed by atoms with Crippen molar-refractivity contribution in [1.82, 2.24) is 4.98 Å². The van der Waals surface area contributed by atoms with Crippen LogP contribution < -0.4 is 9.47 Å². The van der Waals surface area contributed by atoms with Gasteiger partial charge in [0.15, 0.2) is 11.5 Å². The van der Waals surface area contributed by atoms with Gasteiger partial charge in [0.1, 0.15) is 4.60 Å². The molecule has 0 radical (unpaired) electrons. The van der Waals surface area contributed by atoms with Gasteiger partial charge in [0, 0.05) is 11.5 Å². The highest BCUT2D eigenvalue weighted by Crippen LogP contribution is 2.33. The van der Waals surface area contributed by atoms with Gasteiger partial charge in [-0.05, 0) is 40.5 Å². The predicted octanol–water partition coefficient (Wildman–Crippen LogP) is 3.32. The first kappa shape index (κ1) is 11.2. The Morgan fingerprint density at radius 3 is 2.31 bits per heavy atom. The first-order valence-electron chi connectivity index (χ1n) is 4.84. The Bertz CT molecular complexity index is 540. The Morgan fingerprint density at radius 1 is 1.06 bits per heavy atom. The van der Waals surface area contributed by atoms with E-state index >= 15 is 0 Å². The summed E-state index contributed by atoms with van der Waals surface area (Å²) in [5.74, 6) is 1.42. The van der Waals surface area contributed by atoms with Gasteiger partial charge >= 0.3 is 0 Å². The van der Waals surface area contributed by atoms with Gasteiger partial charge in [-0.3, -0.25) is 0 Å². The third kappa shape index (κ3) is 1.85. The van der Waals surface area contributed by atoms with E-state index in [9.17, 15) is 0 Å². The second-order valence-corrected chi connectivity index (χ2v) is 4.30. The Morgan fingerprint density at radius 2 is 1.69 bits per heavy atom. The lowest BCUT2D eigenvalue weighted by molar-refractivity contribution is 0.356. The molecule has 0 unspecified atom stereocenters. The van der Waals surface area contributed by atoms with Crippen molar-refractivity contribution in [3.63, 3.8) is 0 Å². The van der Waals surface area contributed by atoms with E-state index in [1.54, 1.807) is 14.2 Å². The van der Waals surface area contributed by atoms with E-state index in [0.717, 1.165) is 26.8 Å². The molecule has 0 saturated heterocycles. The van der Waals surface area contributed by atoms with Gasteiger partial charge in [0.25, 0.3) is 0 Å². The van der Waals surface area contributed by atoms with Gasteiger partial charge in [0.2, 0.25) is 0 Å². The Balaban J connectivity index is 2.78. The minimum Gasteiger partial charge on any atom is -0.493 e. The molecule has 0 atom stereocenters. The van der Waals surface area contributed by atoms with Crippen LogP contribution in [0, 0.1) is 6.92 Å². The van der Waals surface area contributed by atoms with Crippen molar-refractivity contribution < 1.29 is 9.47 Å². The Labute approximate surface area is 103 Å². The Kier molecular flexibility index (Phi) is 3.01. The molecule has 0 bridgehead atoms. The number of hydrogen-bond donors (Lipinski definition) is 0. The van der Waals surface area contributed by atoms with Crippen LogP contribution in [0.3, 0.4) is 0 Å². The molecule has 0 aliphatic carbocycles. The summed E-state index contributed by atoms with van der Waals surface area (Å²) in [4.78, 5) is 4.40. The third-order valence-electron chi connectivity index (χ3n) is 2.49. The van der Waals surface area contributed by atoms with E-state index in [-0.39, 0.29) is 0 Å². The molecule has 0 aliphatic heterocycles. The van der Waals surface area contributed by atoms with Crippen LogP contribution in [0.15, 0.2) is 22.8 Å². The molecule has 0 spiro atoms. The van der Waals surface area contributed by atoms with Crippen molar-refractivity contribution in [3.05, 3.63) is 28.4 Å². The fourth-order valence-corrected chi connectivity index (χ4v) is 2.21. The third-order valence-corrected chi connectivity index (χ3v) is 2.90. The highest BCUT2D eigenvalue weighted by molar-refractivity contribution is 9.10. The van der Waals surface area contributed by atoms with Crippen molar-refractivity contribution in [3.8, 4) is 11.5 Å². The molecule has 2 rings (SSSR count). The summed E-state index contributed by atoms with van der Waals surface area (Å²) in [6, 6.07) is 5.81. The smallest absolute Gasteiger partial charge is 0.162 e. The molecule has 3 nitrogen and oxygen atoms in total. The van der Waals surface area contributed by atoms with Gasteiger partial charge in [-0.1, -0.05) is 0 Å².